The molecule has 1 aliphatic heterocycles. The average Bonchev–Trinajstić information content (AvgIpc) is 2.65. The standard InChI is InChI=1S/C15H16N2O/c18-15-11-13(12-6-2-1-3-7-12)10-14-16-8-4-5-9-17(14)15/h1-3,6-7,10-11,16H,4-5,8-9H2. The molecule has 3 rings (SSSR count). The highest BCUT2D eigenvalue weighted by Gasteiger charge is 2.10. The molecule has 92 valence electrons. The fourth-order valence-corrected chi connectivity index (χ4v) is 2.38. The number of nitrogens with zero attached hydrogens (tertiary/aromatic N) is 1. The van der Waals surface area contributed by atoms with E-state index < -0.39 is 0 Å². The van der Waals surface area contributed by atoms with Crippen molar-refractivity contribution in [3.63, 3.8) is 0 Å². The van der Waals surface area contributed by atoms with Gasteiger partial charge in [-0.05, 0) is 30.0 Å². The van der Waals surface area contributed by atoms with E-state index in [1.54, 1.807) is 6.07 Å². The first-order chi connectivity index (χ1) is 8.84. The van der Waals surface area contributed by atoms with Crippen molar-refractivity contribution in [1.82, 2.24) is 4.57 Å². The van der Waals surface area contributed by atoms with E-state index in [4.69, 9.17) is 0 Å². The van der Waals surface area contributed by atoms with Crippen molar-refractivity contribution in [2.75, 3.05) is 11.9 Å². The molecule has 1 aromatic carbocycles. The first-order valence-corrected chi connectivity index (χ1v) is 6.39. The van der Waals surface area contributed by atoms with Crippen molar-refractivity contribution >= 4 is 5.82 Å². The van der Waals surface area contributed by atoms with Gasteiger partial charge in [0.15, 0.2) is 0 Å². The molecule has 0 unspecified atom stereocenters. The summed E-state index contributed by atoms with van der Waals surface area (Å²) in [6.45, 7) is 1.76. The number of hydrogen-bond acceptors (Lipinski definition) is 2. The maximum absolute atomic E-state index is 12.1. The van der Waals surface area contributed by atoms with E-state index in [1.165, 1.54) is 0 Å². The number of rotatable bonds is 1. The molecule has 1 aliphatic rings. The highest BCUT2D eigenvalue weighted by atomic mass is 16.1. The van der Waals surface area contributed by atoms with Gasteiger partial charge in [0, 0.05) is 19.2 Å². The number of hydrogen-bond donors (Lipinski definition) is 1. The summed E-state index contributed by atoms with van der Waals surface area (Å²) in [5.41, 5.74) is 2.16. The summed E-state index contributed by atoms with van der Waals surface area (Å²) in [5, 5.41) is 3.34. The third-order valence-electron chi connectivity index (χ3n) is 3.35. The second-order valence-corrected chi connectivity index (χ2v) is 4.62. The Labute approximate surface area is 106 Å². The topological polar surface area (TPSA) is 34.0 Å². The van der Waals surface area contributed by atoms with Crippen molar-refractivity contribution in [2.45, 2.75) is 19.4 Å². The Hall–Kier alpha value is -2.03. The quantitative estimate of drug-likeness (QED) is 0.831. The van der Waals surface area contributed by atoms with E-state index in [1.807, 2.05) is 34.9 Å². The highest BCUT2D eigenvalue weighted by molar-refractivity contribution is 5.66. The molecule has 0 saturated carbocycles. The molecule has 0 fully saturated rings. The predicted molar refractivity (Wildman–Crippen MR) is 73.9 cm³/mol. The van der Waals surface area contributed by atoms with Crippen LogP contribution in [0.25, 0.3) is 11.1 Å². The minimum Gasteiger partial charge on any atom is -0.371 e. The maximum atomic E-state index is 12.1. The molecule has 3 heteroatoms. The van der Waals surface area contributed by atoms with Gasteiger partial charge in [0.25, 0.3) is 5.56 Å². The number of fused-ring (bicyclic) bond motifs is 1. The Morgan fingerprint density at radius 2 is 1.83 bits per heavy atom. The van der Waals surface area contributed by atoms with E-state index in [-0.39, 0.29) is 5.56 Å². The van der Waals surface area contributed by atoms with Gasteiger partial charge in [0.05, 0.1) is 0 Å². The second-order valence-electron chi connectivity index (χ2n) is 4.62. The van der Waals surface area contributed by atoms with Crippen LogP contribution in [-0.4, -0.2) is 11.1 Å². The molecule has 0 spiro atoms. The van der Waals surface area contributed by atoms with Crippen LogP contribution >= 0.6 is 0 Å². The smallest absolute Gasteiger partial charge is 0.252 e. The van der Waals surface area contributed by atoms with Crippen LogP contribution in [0.4, 0.5) is 5.82 Å². The lowest BCUT2D eigenvalue weighted by Gasteiger charge is -2.12. The van der Waals surface area contributed by atoms with Crippen LogP contribution in [0.2, 0.25) is 0 Å². The maximum Gasteiger partial charge on any atom is 0.252 e. The molecule has 2 aromatic rings. The summed E-state index contributed by atoms with van der Waals surface area (Å²) in [7, 11) is 0. The summed E-state index contributed by atoms with van der Waals surface area (Å²) in [5.74, 6) is 0.943. The Bertz CT molecular complexity index is 602. The highest BCUT2D eigenvalue weighted by Crippen LogP contribution is 2.22. The van der Waals surface area contributed by atoms with Gasteiger partial charge < -0.3 is 5.32 Å². The molecule has 0 aliphatic carbocycles. The largest absolute Gasteiger partial charge is 0.371 e. The number of pyridine rings is 1. The van der Waals surface area contributed by atoms with Crippen LogP contribution in [0.5, 0.6) is 0 Å². The lowest BCUT2D eigenvalue weighted by molar-refractivity contribution is 0.637. The Balaban J connectivity index is 2.11. The molecular weight excluding hydrogens is 224 g/mol. The van der Waals surface area contributed by atoms with Crippen molar-refractivity contribution in [2.24, 2.45) is 0 Å². The third kappa shape index (κ3) is 2.04. The summed E-state index contributed by atoms with van der Waals surface area (Å²) in [6.07, 6.45) is 2.17. The Morgan fingerprint density at radius 3 is 2.67 bits per heavy atom. The normalized spacial score (nSPS) is 14.4. The number of nitrogens with one attached hydrogen (secondary N) is 1. The van der Waals surface area contributed by atoms with Crippen LogP contribution in [-0.2, 0) is 6.54 Å². The molecule has 18 heavy (non-hydrogen) atoms. The first kappa shape index (κ1) is 11.1. The van der Waals surface area contributed by atoms with Crippen molar-refractivity contribution < 1.29 is 0 Å². The summed E-state index contributed by atoms with van der Waals surface area (Å²) >= 11 is 0. The van der Waals surface area contributed by atoms with Crippen LogP contribution < -0.4 is 10.9 Å². The molecule has 0 radical (unpaired) electrons. The van der Waals surface area contributed by atoms with E-state index >= 15 is 0 Å². The zero-order valence-corrected chi connectivity index (χ0v) is 10.2. The second kappa shape index (κ2) is 4.69. The summed E-state index contributed by atoms with van der Waals surface area (Å²) in [6, 6.07) is 13.8. The third-order valence-corrected chi connectivity index (χ3v) is 3.35. The van der Waals surface area contributed by atoms with Gasteiger partial charge in [-0.1, -0.05) is 30.3 Å². The molecule has 2 heterocycles. The summed E-state index contributed by atoms with van der Waals surface area (Å²) in [4.78, 5) is 12.1. The van der Waals surface area contributed by atoms with Crippen LogP contribution in [0.15, 0.2) is 47.3 Å². The average molecular weight is 240 g/mol. The predicted octanol–water partition coefficient (Wildman–Crippen LogP) is 2.72. The van der Waals surface area contributed by atoms with Gasteiger partial charge in [-0.2, -0.15) is 0 Å². The van der Waals surface area contributed by atoms with Gasteiger partial charge in [-0.3, -0.25) is 9.36 Å². The SMILES string of the molecule is O=c1cc(-c2ccccc2)cc2n1CCCCN2. The molecule has 0 saturated heterocycles. The molecule has 1 N–H and O–H groups in total. The number of anilines is 1. The number of benzene rings is 1. The van der Waals surface area contributed by atoms with Gasteiger partial charge in [0.2, 0.25) is 0 Å². The minimum absolute atomic E-state index is 0.0840. The van der Waals surface area contributed by atoms with Crippen molar-refractivity contribution in [3.05, 3.63) is 52.8 Å². The molecule has 0 amide bonds. The van der Waals surface area contributed by atoms with Gasteiger partial charge >= 0.3 is 0 Å². The summed E-state index contributed by atoms with van der Waals surface area (Å²) < 4.78 is 1.83. The fraction of sp³-hybridized carbons (Fsp3) is 0.267. The molecule has 1 aromatic heterocycles. The van der Waals surface area contributed by atoms with E-state index in [0.717, 1.165) is 42.9 Å². The van der Waals surface area contributed by atoms with E-state index in [2.05, 4.69) is 11.4 Å². The van der Waals surface area contributed by atoms with Crippen LogP contribution in [0.1, 0.15) is 12.8 Å². The van der Waals surface area contributed by atoms with Crippen LogP contribution in [0, 0.1) is 0 Å². The molecular formula is C15H16N2O. The number of aromatic nitrogens is 1. The van der Waals surface area contributed by atoms with Gasteiger partial charge in [0.1, 0.15) is 5.82 Å². The lowest BCUT2D eigenvalue weighted by Crippen LogP contribution is -2.21. The molecule has 0 bridgehead atoms. The molecule has 0 atom stereocenters. The Kier molecular flexibility index (Phi) is 2.89. The lowest BCUT2D eigenvalue weighted by atomic mass is 10.1. The van der Waals surface area contributed by atoms with E-state index in [9.17, 15) is 4.79 Å². The minimum atomic E-state index is 0.0840. The van der Waals surface area contributed by atoms with Crippen molar-refractivity contribution in [3.8, 4) is 11.1 Å². The fourth-order valence-electron chi connectivity index (χ4n) is 2.38. The zero-order chi connectivity index (χ0) is 12.4. The van der Waals surface area contributed by atoms with Crippen LogP contribution in [0.3, 0.4) is 0 Å². The van der Waals surface area contributed by atoms with E-state index in [0.29, 0.717) is 0 Å². The monoisotopic (exact) mass is 240 g/mol. The zero-order valence-electron chi connectivity index (χ0n) is 10.2. The van der Waals surface area contributed by atoms with Gasteiger partial charge in [-0.25, -0.2) is 0 Å². The first-order valence-electron chi connectivity index (χ1n) is 6.39. The van der Waals surface area contributed by atoms with Crippen molar-refractivity contribution in [1.29, 1.82) is 0 Å². The molecule has 3 nitrogen and oxygen atoms in total. The van der Waals surface area contributed by atoms with Gasteiger partial charge in [-0.15, -0.1) is 0 Å². The Morgan fingerprint density at radius 1 is 1.00 bits per heavy atom.